The van der Waals surface area contributed by atoms with Crippen molar-refractivity contribution < 1.29 is 17.7 Å². The third-order valence-electron chi connectivity index (χ3n) is 0.922. The fourth-order valence-electron chi connectivity index (χ4n) is 0.486. The molecule has 0 heterocycles. The zero-order chi connectivity index (χ0) is 8.20. The quantitative estimate of drug-likeness (QED) is 0.420. The molecule has 4 heteroatoms. The third kappa shape index (κ3) is 7.46. The van der Waals surface area contributed by atoms with Crippen molar-refractivity contribution in [2.45, 2.75) is 19.0 Å². The lowest BCUT2D eigenvalue weighted by Crippen LogP contribution is -2.08. The molecule has 0 aliphatic rings. The van der Waals surface area contributed by atoms with Crippen molar-refractivity contribution in [3.63, 3.8) is 0 Å². The number of rotatable bonds is 2. The summed E-state index contributed by atoms with van der Waals surface area (Å²) in [5.74, 6) is 0. The summed E-state index contributed by atoms with van der Waals surface area (Å²) in [6, 6.07) is 0. The molecule has 0 saturated heterocycles. The van der Waals surface area contributed by atoms with E-state index in [0.29, 0.717) is 0 Å². The van der Waals surface area contributed by atoms with Gasteiger partial charge in [0.15, 0.2) is 0 Å². The van der Waals surface area contributed by atoms with Crippen LogP contribution in [0.15, 0.2) is 0 Å². The van der Waals surface area contributed by atoms with Crippen molar-refractivity contribution in [2.75, 3.05) is 14.1 Å². The summed E-state index contributed by atoms with van der Waals surface area (Å²) in [6.07, 6.45) is -3.18. The molecule has 0 aromatic carbocycles. The van der Waals surface area contributed by atoms with E-state index in [1.54, 1.807) is 18.7 Å². The smallest absolute Gasteiger partial charge is 0.245 e. The molecule has 1 nitrogen and oxygen atoms in total. The van der Waals surface area contributed by atoms with Crippen molar-refractivity contribution in [2.24, 2.45) is 0 Å². The molecule has 10 heavy (non-hydrogen) atoms. The minimum atomic E-state index is -4.02. The number of hydrogen-bond acceptors (Lipinski definition) is 0. The Hall–Kier alpha value is -0.540. The van der Waals surface area contributed by atoms with Gasteiger partial charge in [0.1, 0.15) is 20.3 Å². The average molecular weight is 154 g/mol. The number of halogens is 3. The van der Waals surface area contributed by atoms with Crippen molar-refractivity contribution >= 4 is 6.21 Å². The fourth-order valence-corrected chi connectivity index (χ4v) is 0.486. The second-order valence-electron chi connectivity index (χ2n) is 2.30. The highest BCUT2D eigenvalue weighted by Crippen LogP contribution is 2.20. The summed E-state index contributed by atoms with van der Waals surface area (Å²) in [7, 11) is 3.41. The summed E-state index contributed by atoms with van der Waals surface area (Å²) >= 11 is 0. The molecule has 0 aromatic rings. The first-order valence-corrected chi connectivity index (χ1v) is 2.98. The van der Waals surface area contributed by atoms with Gasteiger partial charge in [-0.25, -0.2) is 4.58 Å². The van der Waals surface area contributed by atoms with Crippen LogP contribution in [-0.2, 0) is 0 Å². The highest BCUT2D eigenvalue weighted by molar-refractivity contribution is 5.50. The molecule has 0 amide bonds. The van der Waals surface area contributed by atoms with Crippen molar-refractivity contribution in [1.29, 1.82) is 0 Å². The van der Waals surface area contributed by atoms with Crippen molar-refractivity contribution in [3.05, 3.63) is 0 Å². The van der Waals surface area contributed by atoms with Gasteiger partial charge in [-0.3, -0.25) is 0 Å². The van der Waals surface area contributed by atoms with E-state index in [1.165, 1.54) is 6.21 Å². The van der Waals surface area contributed by atoms with Gasteiger partial charge in [-0.05, 0) is 0 Å². The normalized spacial score (nSPS) is 11.3. The maximum Gasteiger partial charge on any atom is 0.389 e. The Bertz CT molecular complexity index is 121. The molecule has 60 valence electrons. The molecule has 0 bridgehead atoms. The topological polar surface area (TPSA) is 3.01 Å². The van der Waals surface area contributed by atoms with E-state index in [-0.39, 0.29) is 6.42 Å². The van der Waals surface area contributed by atoms with Crippen LogP contribution >= 0.6 is 0 Å². The first-order chi connectivity index (χ1) is 4.42. The Morgan fingerprint density at radius 1 is 1.30 bits per heavy atom. The second-order valence-corrected chi connectivity index (χ2v) is 2.30. The second kappa shape index (κ2) is 3.58. The van der Waals surface area contributed by atoms with E-state index in [9.17, 15) is 13.2 Å². The van der Waals surface area contributed by atoms with Gasteiger partial charge in [-0.1, -0.05) is 0 Å². The first-order valence-electron chi connectivity index (χ1n) is 2.98. The Balaban J connectivity index is 3.47. The maximum absolute atomic E-state index is 11.5. The van der Waals surface area contributed by atoms with Crippen molar-refractivity contribution in [3.8, 4) is 0 Å². The van der Waals surface area contributed by atoms with Gasteiger partial charge in [0, 0.05) is 6.42 Å². The summed E-state index contributed by atoms with van der Waals surface area (Å²) in [4.78, 5) is 0. The predicted molar refractivity (Wildman–Crippen MR) is 33.5 cm³/mol. The molecule has 0 aliphatic heterocycles. The SMILES string of the molecule is C[N+](C)=CCCC(F)(F)F. The Morgan fingerprint density at radius 3 is 2.10 bits per heavy atom. The van der Waals surface area contributed by atoms with Crippen LogP contribution in [0.5, 0.6) is 0 Å². The van der Waals surface area contributed by atoms with Gasteiger partial charge in [0.05, 0.1) is 6.42 Å². The molecule has 0 spiro atoms. The minimum absolute atomic E-state index is 0.0660. The predicted octanol–water partition coefficient (Wildman–Crippen LogP) is 1.67. The van der Waals surface area contributed by atoms with E-state index in [2.05, 4.69) is 0 Å². The maximum atomic E-state index is 11.5. The fraction of sp³-hybridized carbons (Fsp3) is 0.833. The zero-order valence-electron chi connectivity index (χ0n) is 6.07. The Labute approximate surface area is 58.2 Å². The summed E-state index contributed by atoms with van der Waals surface area (Å²) in [5.41, 5.74) is 0. The van der Waals surface area contributed by atoms with Gasteiger partial charge in [-0.2, -0.15) is 13.2 Å². The standard InChI is InChI=1S/C6H11F3N/c1-10(2)5-3-4-6(7,8)9/h5H,3-4H2,1-2H3/q+1. The molecule has 0 N–H and O–H groups in total. The molecular formula is C6H11F3N+. The van der Waals surface area contributed by atoms with Gasteiger partial charge in [0.2, 0.25) is 0 Å². The minimum Gasteiger partial charge on any atom is -0.245 e. The zero-order valence-corrected chi connectivity index (χ0v) is 6.07. The van der Waals surface area contributed by atoms with Crippen LogP contribution in [0.1, 0.15) is 12.8 Å². The largest absolute Gasteiger partial charge is 0.389 e. The summed E-state index contributed by atoms with van der Waals surface area (Å²) < 4.78 is 36.0. The first kappa shape index (κ1) is 9.46. The lowest BCUT2D eigenvalue weighted by molar-refractivity contribution is -0.460. The highest BCUT2D eigenvalue weighted by Gasteiger charge is 2.26. The van der Waals surface area contributed by atoms with Crippen LogP contribution in [0.2, 0.25) is 0 Å². The van der Waals surface area contributed by atoms with Crippen LogP contribution in [0.4, 0.5) is 13.2 Å². The van der Waals surface area contributed by atoms with E-state index >= 15 is 0 Å². The summed E-state index contributed by atoms with van der Waals surface area (Å²) in [5, 5.41) is 0. The van der Waals surface area contributed by atoms with Crippen molar-refractivity contribution in [1.82, 2.24) is 0 Å². The molecule has 0 saturated carbocycles. The number of hydrogen-bond donors (Lipinski definition) is 0. The highest BCUT2D eigenvalue weighted by atomic mass is 19.4. The van der Waals surface area contributed by atoms with Crippen LogP contribution in [0.25, 0.3) is 0 Å². The number of alkyl halides is 3. The van der Waals surface area contributed by atoms with Gasteiger partial charge in [0.25, 0.3) is 0 Å². The van der Waals surface area contributed by atoms with E-state index < -0.39 is 12.6 Å². The molecule has 0 radical (unpaired) electrons. The van der Waals surface area contributed by atoms with Crippen LogP contribution in [0, 0.1) is 0 Å². The van der Waals surface area contributed by atoms with Gasteiger partial charge < -0.3 is 0 Å². The molecule has 0 atom stereocenters. The molecule has 0 rings (SSSR count). The van der Waals surface area contributed by atoms with Crippen LogP contribution < -0.4 is 0 Å². The lowest BCUT2D eigenvalue weighted by atomic mass is 10.3. The molecule has 0 aromatic heterocycles. The number of nitrogens with zero attached hydrogens (tertiary/aromatic N) is 1. The van der Waals surface area contributed by atoms with Gasteiger partial charge in [-0.15, -0.1) is 0 Å². The van der Waals surface area contributed by atoms with E-state index in [1.807, 2.05) is 0 Å². The Morgan fingerprint density at radius 2 is 1.80 bits per heavy atom. The molecular weight excluding hydrogens is 143 g/mol. The molecule has 0 unspecified atom stereocenters. The van der Waals surface area contributed by atoms with E-state index in [0.717, 1.165) is 0 Å². The van der Waals surface area contributed by atoms with Crippen LogP contribution in [0.3, 0.4) is 0 Å². The third-order valence-corrected chi connectivity index (χ3v) is 0.922. The lowest BCUT2D eigenvalue weighted by Gasteiger charge is -2.00. The van der Waals surface area contributed by atoms with Crippen LogP contribution in [-0.4, -0.2) is 31.1 Å². The van der Waals surface area contributed by atoms with Gasteiger partial charge >= 0.3 is 6.18 Å². The van der Waals surface area contributed by atoms with E-state index in [4.69, 9.17) is 0 Å². The molecule has 0 fully saturated rings. The summed E-state index contributed by atoms with van der Waals surface area (Å²) in [6.45, 7) is 0. The monoisotopic (exact) mass is 154 g/mol. The molecule has 0 aliphatic carbocycles. The Kier molecular flexibility index (Phi) is 3.39. The average Bonchev–Trinajstić information content (AvgIpc) is 1.59.